The standard InChI is InChI=1S/C11H23N3/c1-12-10-5-7-14(8-10)9-11-4-3-6-13(11)2/h10-12H,3-9H2,1-2H3. The highest BCUT2D eigenvalue weighted by atomic mass is 15.2. The SMILES string of the molecule is CNC1CCN(CC2CCCN2C)C1. The number of likely N-dealkylation sites (N-methyl/N-ethyl adjacent to an activating group) is 2. The van der Waals surface area contributed by atoms with Crippen LogP contribution < -0.4 is 5.32 Å². The van der Waals surface area contributed by atoms with Crippen molar-refractivity contribution in [2.75, 3.05) is 40.3 Å². The number of hydrogen-bond donors (Lipinski definition) is 1. The first-order valence-electron chi connectivity index (χ1n) is 5.89. The summed E-state index contributed by atoms with van der Waals surface area (Å²) in [5.41, 5.74) is 0. The molecule has 2 rings (SSSR count). The highest BCUT2D eigenvalue weighted by Crippen LogP contribution is 2.18. The Morgan fingerprint density at radius 1 is 1.29 bits per heavy atom. The van der Waals surface area contributed by atoms with Crippen molar-refractivity contribution >= 4 is 0 Å². The van der Waals surface area contributed by atoms with Gasteiger partial charge in [0.05, 0.1) is 0 Å². The molecule has 0 aromatic carbocycles. The summed E-state index contributed by atoms with van der Waals surface area (Å²) in [7, 11) is 4.35. The second kappa shape index (κ2) is 4.60. The Bertz CT molecular complexity index is 183. The van der Waals surface area contributed by atoms with Crippen LogP contribution in [0.1, 0.15) is 19.3 Å². The van der Waals surface area contributed by atoms with E-state index in [9.17, 15) is 0 Å². The fourth-order valence-corrected chi connectivity index (χ4v) is 2.74. The molecule has 0 aromatic heterocycles. The van der Waals surface area contributed by atoms with Gasteiger partial charge in [0.25, 0.3) is 0 Å². The van der Waals surface area contributed by atoms with E-state index < -0.39 is 0 Å². The lowest BCUT2D eigenvalue weighted by Crippen LogP contribution is -2.38. The molecule has 2 heterocycles. The lowest BCUT2D eigenvalue weighted by molar-refractivity contribution is 0.217. The first-order chi connectivity index (χ1) is 6.79. The van der Waals surface area contributed by atoms with Crippen molar-refractivity contribution in [3.8, 4) is 0 Å². The summed E-state index contributed by atoms with van der Waals surface area (Å²) >= 11 is 0. The van der Waals surface area contributed by atoms with Gasteiger partial charge in [-0.25, -0.2) is 0 Å². The average molecular weight is 197 g/mol. The molecule has 2 saturated heterocycles. The zero-order valence-electron chi connectivity index (χ0n) is 9.50. The van der Waals surface area contributed by atoms with E-state index in [0.29, 0.717) is 0 Å². The van der Waals surface area contributed by atoms with Crippen LogP contribution in [0.4, 0.5) is 0 Å². The van der Waals surface area contributed by atoms with Crippen molar-refractivity contribution in [2.24, 2.45) is 0 Å². The summed E-state index contributed by atoms with van der Waals surface area (Å²) in [5.74, 6) is 0. The van der Waals surface area contributed by atoms with Crippen LogP contribution in [0.3, 0.4) is 0 Å². The molecule has 0 radical (unpaired) electrons. The van der Waals surface area contributed by atoms with E-state index in [1.165, 1.54) is 45.4 Å². The van der Waals surface area contributed by atoms with Crippen LogP contribution in [0.5, 0.6) is 0 Å². The fourth-order valence-electron chi connectivity index (χ4n) is 2.74. The molecule has 0 saturated carbocycles. The van der Waals surface area contributed by atoms with Gasteiger partial charge in [0.15, 0.2) is 0 Å². The van der Waals surface area contributed by atoms with Crippen LogP contribution in [-0.2, 0) is 0 Å². The molecular weight excluding hydrogens is 174 g/mol. The number of rotatable bonds is 3. The van der Waals surface area contributed by atoms with Gasteiger partial charge in [-0.3, -0.25) is 0 Å². The molecule has 0 amide bonds. The van der Waals surface area contributed by atoms with E-state index in [-0.39, 0.29) is 0 Å². The molecule has 82 valence electrons. The van der Waals surface area contributed by atoms with Gasteiger partial charge in [0.2, 0.25) is 0 Å². The zero-order valence-corrected chi connectivity index (χ0v) is 9.50. The average Bonchev–Trinajstić information content (AvgIpc) is 2.77. The second-order valence-corrected chi connectivity index (χ2v) is 4.81. The Morgan fingerprint density at radius 2 is 2.14 bits per heavy atom. The summed E-state index contributed by atoms with van der Waals surface area (Å²) in [5, 5.41) is 3.37. The molecule has 2 unspecified atom stereocenters. The van der Waals surface area contributed by atoms with Gasteiger partial charge in [-0.2, -0.15) is 0 Å². The lowest BCUT2D eigenvalue weighted by Gasteiger charge is -2.25. The number of likely N-dealkylation sites (tertiary alicyclic amines) is 2. The van der Waals surface area contributed by atoms with Crippen LogP contribution in [0.15, 0.2) is 0 Å². The largest absolute Gasteiger partial charge is 0.316 e. The maximum absolute atomic E-state index is 3.37. The molecule has 0 spiro atoms. The first kappa shape index (κ1) is 10.4. The van der Waals surface area contributed by atoms with Crippen molar-refractivity contribution < 1.29 is 0 Å². The smallest absolute Gasteiger partial charge is 0.0220 e. The minimum absolute atomic E-state index is 0.738. The third-order valence-electron chi connectivity index (χ3n) is 3.82. The van der Waals surface area contributed by atoms with Gasteiger partial charge in [0.1, 0.15) is 0 Å². The van der Waals surface area contributed by atoms with Crippen molar-refractivity contribution in [3.63, 3.8) is 0 Å². The second-order valence-electron chi connectivity index (χ2n) is 4.81. The Balaban J connectivity index is 1.75. The molecule has 2 fully saturated rings. The van der Waals surface area contributed by atoms with Crippen LogP contribution in [0, 0.1) is 0 Å². The summed E-state index contributed by atoms with van der Waals surface area (Å²) in [6.07, 6.45) is 4.12. The molecule has 2 aliphatic rings. The molecule has 14 heavy (non-hydrogen) atoms. The maximum Gasteiger partial charge on any atom is 0.0220 e. The molecule has 0 aromatic rings. The number of nitrogens with one attached hydrogen (secondary N) is 1. The topological polar surface area (TPSA) is 18.5 Å². The quantitative estimate of drug-likeness (QED) is 0.705. The molecule has 2 atom stereocenters. The Morgan fingerprint density at radius 3 is 2.71 bits per heavy atom. The van der Waals surface area contributed by atoms with E-state index in [2.05, 4.69) is 29.2 Å². The maximum atomic E-state index is 3.37. The van der Waals surface area contributed by atoms with Crippen LogP contribution in [0.25, 0.3) is 0 Å². The Labute approximate surface area is 87.4 Å². The van der Waals surface area contributed by atoms with Crippen molar-refractivity contribution in [3.05, 3.63) is 0 Å². The summed E-state index contributed by atoms with van der Waals surface area (Å²) < 4.78 is 0. The van der Waals surface area contributed by atoms with E-state index in [1.54, 1.807) is 0 Å². The van der Waals surface area contributed by atoms with Crippen molar-refractivity contribution in [2.45, 2.75) is 31.3 Å². The van der Waals surface area contributed by atoms with Gasteiger partial charge in [-0.05, 0) is 46.4 Å². The third-order valence-corrected chi connectivity index (χ3v) is 3.82. The molecule has 1 N–H and O–H groups in total. The van der Waals surface area contributed by atoms with Crippen molar-refractivity contribution in [1.82, 2.24) is 15.1 Å². The number of nitrogens with zero attached hydrogens (tertiary/aromatic N) is 2. The van der Waals surface area contributed by atoms with Gasteiger partial charge in [-0.1, -0.05) is 0 Å². The van der Waals surface area contributed by atoms with Crippen LogP contribution in [-0.4, -0.2) is 62.2 Å². The summed E-state index contributed by atoms with van der Waals surface area (Å²) in [6, 6.07) is 1.56. The highest BCUT2D eigenvalue weighted by molar-refractivity contribution is 4.85. The first-order valence-corrected chi connectivity index (χ1v) is 5.89. The van der Waals surface area contributed by atoms with Gasteiger partial charge in [0, 0.05) is 25.2 Å². The van der Waals surface area contributed by atoms with Gasteiger partial charge >= 0.3 is 0 Å². The van der Waals surface area contributed by atoms with E-state index in [0.717, 1.165) is 12.1 Å². The van der Waals surface area contributed by atoms with E-state index in [1.807, 2.05) is 0 Å². The van der Waals surface area contributed by atoms with Crippen LogP contribution >= 0.6 is 0 Å². The zero-order chi connectivity index (χ0) is 9.97. The molecule has 0 bridgehead atoms. The minimum atomic E-state index is 0.738. The Hall–Kier alpha value is -0.120. The van der Waals surface area contributed by atoms with Crippen molar-refractivity contribution in [1.29, 1.82) is 0 Å². The molecule has 3 heteroatoms. The molecule has 2 aliphatic heterocycles. The predicted octanol–water partition coefficient (Wildman–Crippen LogP) is 0.374. The van der Waals surface area contributed by atoms with Gasteiger partial charge in [-0.15, -0.1) is 0 Å². The number of hydrogen-bond acceptors (Lipinski definition) is 3. The summed E-state index contributed by atoms with van der Waals surface area (Å²) in [4.78, 5) is 5.14. The fraction of sp³-hybridized carbons (Fsp3) is 1.00. The predicted molar refractivity (Wildman–Crippen MR) is 59.6 cm³/mol. The normalized spacial score (nSPS) is 35.6. The Kier molecular flexibility index (Phi) is 3.42. The highest BCUT2D eigenvalue weighted by Gasteiger charge is 2.27. The van der Waals surface area contributed by atoms with E-state index >= 15 is 0 Å². The monoisotopic (exact) mass is 197 g/mol. The van der Waals surface area contributed by atoms with E-state index in [4.69, 9.17) is 0 Å². The molecule has 3 nitrogen and oxygen atoms in total. The summed E-state index contributed by atoms with van der Waals surface area (Å²) in [6.45, 7) is 5.12. The third kappa shape index (κ3) is 2.27. The van der Waals surface area contributed by atoms with Crippen LogP contribution in [0.2, 0.25) is 0 Å². The minimum Gasteiger partial charge on any atom is -0.316 e. The molecule has 0 aliphatic carbocycles. The van der Waals surface area contributed by atoms with Gasteiger partial charge < -0.3 is 15.1 Å². The molecular formula is C11H23N3. The lowest BCUT2D eigenvalue weighted by atomic mass is 10.2.